The van der Waals surface area contributed by atoms with E-state index in [9.17, 15) is 0 Å². The molecule has 0 atom stereocenters. The zero-order chi connectivity index (χ0) is 11.5. The maximum atomic E-state index is 4.01. The Bertz CT molecular complexity index is 468. The molecule has 0 aliphatic heterocycles. The Hall–Kier alpha value is -1.65. The summed E-state index contributed by atoms with van der Waals surface area (Å²) >= 11 is 0. The zero-order valence-electron chi connectivity index (χ0n) is 10.0. The fourth-order valence-electron chi connectivity index (χ4n) is 1.78. The molecule has 16 heavy (non-hydrogen) atoms. The van der Waals surface area contributed by atoms with Crippen LogP contribution in [0.1, 0.15) is 25.5 Å². The molecule has 0 aliphatic carbocycles. The molecule has 5 heteroatoms. The molecule has 0 saturated carbocycles. The monoisotopic (exact) mass is 219 g/mol. The van der Waals surface area contributed by atoms with Crippen LogP contribution in [0.2, 0.25) is 0 Å². The molecule has 0 amide bonds. The molecule has 2 aromatic heterocycles. The number of aromatic nitrogens is 5. The molecule has 0 radical (unpaired) electrons. The number of hydrogen-bond donors (Lipinski definition) is 0. The van der Waals surface area contributed by atoms with Gasteiger partial charge in [0.25, 0.3) is 0 Å². The Labute approximate surface area is 95.1 Å². The Morgan fingerprint density at radius 2 is 2.19 bits per heavy atom. The highest BCUT2D eigenvalue weighted by Gasteiger charge is 2.09. The average Bonchev–Trinajstić information content (AvgIpc) is 2.82. The van der Waals surface area contributed by atoms with Crippen molar-refractivity contribution in [2.75, 3.05) is 0 Å². The van der Waals surface area contributed by atoms with Gasteiger partial charge in [0, 0.05) is 31.0 Å². The molecule has 0 bridgehead atoms. The molecule has 86 valence electrons. The van der Waals surface area contributed by atoms with Crippen molar-refractivity contribution in [1.82, 2.24) is 24.8 Å². The van der Waals surface area contributed by atoms with Crippen molar-refractivity contribution in [2.45, 2.75) is 33.2 Å². The summed E-state index contributed by atoms with van der Waals surface area (Å²) in [5.74, 6) is 0.818. The second kappa shape index (κ2) is 4.47. The van der Waals surface area contributed by atoms with Crippen molar-refractivity contribution >= 4 is 0 Å². The predicted octanol–water partition coefficient (Wildman–Crippen LogP) is 1.79. The molecule has 0 aromatic carbocycles. The quantitative estimate of drug-likeness (QED) is 0.787. The van der Waals surface area contributed by atoms with Crippen LogP contribution in [0, 0.1) is 6.92 Å². The van der Waals surface area contributed by atoms with Crippen molar-refractivity contribution in [3.8, 4) is 11.4 Å². The third-order valence-electron chi connectivity index (χ3n) is 2.74. The number of tetrazole rings is 1. The van der Waals surface area contributed by atoms with Crippen molar-refractivity contribution in [3.63, 3.8) is 0 Å². The summed E-state index contributed by atoms with van der Waals surface area (Å²) in [6.45, 7) is 5.38. The van der Waals surface area contributed by atoms with Gasteiger partial charge < -0.3 is 4.57 Å². The predicted molar refractivity (Wildman–Crippen MR) is 61.9 cm³/mol. The van der Waals surface area contributed by atoms with Gasteiger partial charge in [-0.05, 0) is 29.8 Å². The van der Waals surface area contributed by atoms with Crippen LogP contribution in [-0.2, 0) is 13.6 Å². The molecule has 0 spiro atoms. The van der Waals surface area contributed by atoms with Gasteiger partial charge >= 0.3 is 0 Å². The lowest BCUT2D eigenvalue weighted by molar-refractivity contribution is 0.622. The number of unbranched alkanes of at least 4 members (excludes halogenated alkanes) is 1. The molecule has 0 aliphatic rings. The van der Waals surface area contributed by atoms with Gasteiger partial charge in [0.2, 0.25) is 0 Å². The first-order valence-corrected chi connectivity index (χ1v) is 5.62. The molecule has 5 nitrogen and oxygen atoms in total. The Morgan fingerprint density at radius 3 is 2.81 bits per heavy atom. The van der Waals surface area contributed by atoms with E-state index in [0.29, 0.717) is 0 Å². The Kier molecular flexibility index (Phi) is 3.03. The number of rotatable bonds is 4. The van der Waals surface area contributed by atoms with Gasteiger partial charge in [0.1, 0.15) is 0 Å². The van der Waals surface area contributed by atoms with Gasteiger partial charge in [-0.2, -0.15) is 0 Å². The minimum absolute atomic E-state index is 0.818. The maximum Gasteiger partial charge on any atom is 0.183 e. The highest BCUT2D eigenvalue weighted by molar-refractivity contribution is 5.54. The second-order valence-corrected chi connectivity index (χ2v) is 4.04. The third-order valence-corrected chi connectivity index (χ3v) is 2.74. The fourth-order valence-corrected chi connectivity index (χ4v) is 1.78. The van der Waals surface area contributed by atoms with Gasteiger partial charge in [-0.1, -0.05) is 13.3 Å². The molecule has 2 heterocycles. The summed E-state index contributed by atoms with van der Waals surface area (Å²) in [7, 11) is 1.86. The van der Waals surface area contributed by atoms with Crippen LogP contribution in [0.5, 0.6) is 0 Å². The Balaban J connectivity index is 2.27. The van der Waals surface area contributed by atoms with Crippen molar-refractivity contribution in [2.24, 2.45) is 7.05 Å². The van der Waals surface area contributed by atoms with E-state index >= 15 is 0 Å². The lowest BCUT2D eigenvalue weighted by atomic mass is 10.3. The topological polar surface area (TPSA) is 48.5 Å². The van der Waals surface area contributed by atoms with E-state index in [2.05, 4.69) is 46.2 Å². The van der Waals surface area contributed by atoms with Gasteiger partial charge in [-0.3, -0.25) is 0 Å². The number of hydrogen-bond acceptors (Lipinski definition) is 3. The van der Waals surface area contributed by atoms with E-state index in [-0.39, 0.29) is 0 Å². The van der Waals surface area contributed by atoms with Crippen molar-refractivity contribution in [1.29, 1.82) is 0 Å². The van der Waals surface area contributed by atoms with E-state index in [1.807, 2.05) is 7.05 Å². The maximum absolute atomic E-state index is 4.01. The molecule has 2 rings (SSSR count). The highest BCUT2D eigenvalue weighted by atomic mass is 15.5. The molecular weight excluding hydrogens is 202 g/mol. The summed E-state index contributed by atoms with van der Waals surface area (Å²) < 4.78 is 3.95. The minimum Gasteiger partial charge on any atom is -0.351 e. The van der Waals surface area contributed by atoms with Crippen LogP contribution in [0.15, 0.2) is 12.3 Å². The van der Waals surface area contributed by atoms with Gasteiger partial charge in [-0.15, -0.1) is 5.10 Å². The van der Waals surface area contributed by atoms with Crippen LogP contribution >= 0.6 is 0 Å². The van der Waals surface area contributed by atoms with Crippen LogP contribution < -0.4 is 0 Å². The molecular formula is C11H17N5. The van der Waals surface area contributed by atoms with Crippen molar-refractivity contribution < 1.29 is 0 Å². The van der Waals surface area contributed by atoms with E-state index in [1.54, 1.807) is 4.68 Å². The fraction of sp³-hybridized carbons (Fsp3) is 0.545. The SMILES string of the molecule is CCCCn1cc(-c2nnnn2C)cc1C. The van der Waals surface area contributed by atoms with Crippen LogP contribution in [-0.4, -0.2) is 24.8 Å². The molecule has 0 N–H and O–H groups in total. The second-order valence-electron chi connectivity index (χ2n) is 4.04. The first-order valence-electron chi connectivity index (χ1n) is 5.62. The highest BCUT2D eigenvalue weighted by Crippen LogP contribution is 2.18. The van der Waals surface area contributed by atoms with E-state index in [0.717, 1.165) is 17.9 Å². The van der Waals surface area contributed by atoms with Crippen LogP contribution in [0.4, 0.5) is 0 Å². The van der Waals surface area contributed by atoms with E-state index in [1.165, 1.54) is 18.5 Å². The normalized spacial score (nSPS) is 10.9. The molecule has 0 saturated heterocycles. The number of aryl methyl sites for hydroxylation is 3. The Morgan fingerprint density at radius 1 is 1.38 bits per heavy atom. The summed E-state index contributed by atoms with van der Waals surface area (Å²) in [6.07, 6.45) is 4.53. The van der Waals surface area contributed by atoms with Crippen LogP contribution in [0.25, 0.3) is 11.4 Å². The smallest absolute Gasteiger partial charge is 0.183 e. The summed E-state index contributed by atoms with van der Waals surface area (Å²) in [4.78, 5) is 0. The van der Waals surface area contributed by atoms with E-state index < -0.39 is 0 Å². The zero-order valence-corrected chi connectivity index (χ0v) is 10.0. The van der Waals surface area contributed by atoms with Crippen LogP contribution in [0.3, 0.4) is 0 Å². The largest absolute Gasteiger partial charge is 0.351 e. The lowest BCUT2D eigenvalue weighted by Crippen LogP contribution is -1.97. The molecule has 0 unspecified atom stereocenters. The first kappa shape index (κ1) is 10.9. The van der Waals surface area contributed by atoms with E-state index in [4.69, 9.17) is 0 Å². The minimum atomic E-state index is 0.818. The van der Waals surface area contributed by atoms with Gasteiger partial charge in [0.05, 0.1) is 0 Å². The van der Waals surface area contributed by atoms with Gasteiger partial charge in [-0.25, -0.2) is 4.68 Å². The molecule has 0 fully saturated rings. The number of nitrogens with zero attached hydrogens (tertiary/aromatic N) is 5. The average molecular weight is 219 g/mol. The van der Waals surface area contributed by atoms with Crippen molar-refractivity contribution in [3.05, 3.63) is 18.0 Å². The first-order chi connectivity index (χ1) is 7.72. The van der Waals surface area contributed by atoms with Gasteiger partial charge in [0.15, 0.2) is 5.82 Å². The summed E-state index contributed by atoms with van der Waals surface area (Å²) in [6, 6.07) is 2.13. The molecule has 2 aromatic rings. The third kappa shape index (κ3) is 1.98. The summed E-state index contributed by atoms with van der Waals surface area (Å²) in [5, 5.41) is 11.5. The standard InChI is InChI=1S/C11H17N5/c1-4-5-6-16-8-10(7-9(16)2)11-12-13-14-15(11)3/h7-8H,4-6H2,1-3H3. The summed E-state index contributed by atoms with van der Waals surface area (Å²) in [5.41, 5.74) is 2.34. The lowest BCUT2D eigenvalue weighted by Gasteiger charge is -2.03.